The van der Waals surface area contributed by atoms with Gasteiger partial charge in [-0.2, -0.15) is 0 Å². The topological polar surface area (TPSA) is 30.5 Å². The van der Waals surface area contributed by atoms with Crippen molar-refractivity contribution in [2.45, 2.75) is 25.7 Å². The highest BCUT2D eigenvalue weighted by Gasteiger charge is 2.22. The lowest BCUT2D eigenvalue weighted by atomic mass is 9.81. The standard InChI is InChI=1S/C15H24BrNO2/c1-15(2,7-8-17-9-10-18-3)13-6-5-12(19-4)11-14(13)16/h5-6,11,17H,7-10H2,1-4H3. The predicted molar refractivity (Wildman–Crippen MR) is 83.1 cm³/mol. The van der Waals surface area contributed by atoms with Gasteiger partial charge in [0, 0.05) is 18.1 Å². The summed E-state index contributed by atoms with van der Waals surface area (Å²) in [6, 6.07) is 6.17. The maximum Gasteiger partial charge on any atom is 0.120 e. The molecule has 1 aromatic rings. The van der Waals surface area contributed by atoms with Crippen molar-refractivity contribution in [3.05, 3.63) is 28.2 Å². The highest BCUT2D eigenvalue weighted by Crippen LogP contribution is 2.34. The first kappa shape index (κ1) is 16.5. The third-order valence-corrected chi connectivity index (χ3v) is 3.97. The lowest BCUT2D eigenvalue weighted by Crippen LogP contribution is -2.27. The predicted octanol–water partition coefficient (Wildman–Crippen LogP) is 3.36. The van der Waals surface area contributed by atoms with Crippen molar-refractivity contribution in [1.29, 1.82) is 0 Å². The van der Waals surface area contributed by atoms with E-state index in [1.807, 2.05) is 12.1 Å². The second kappa shape index (κ2) is 7.88. The van der Waals surface area contributed by atoms with E-state index in [-0.39, 0.29) is 5.41 Å². The van der Waals surface area contributed by atoms with Crippen molar-refractivity contribution in [1.82, 2.24) is 5.32 Å². The lowest BCUT2D eigenvalue weighted by molar-refractivity contribution is 0.198. The molecule has 0 aliphatic rings. The largest absolute Gasteiger partial charge is 0.497 e. The molecule has 0 aliphatic carbocycles. The number of hydrogen-bond donors (Lipinski definition) is 1. The average Bonchev–Trinajstić information content (AvgIpc) is 2.37. The molecule has 1 N–H and O–H groups in total. The maximum atomic E-state index is 5.23. The first-order valence-electron chi connectivity index (χ1n) is 6.55. The molecule has 0 unspecified atom stereocenters. The fourth-order valence-corrected chi connectivity index (χ4v) is 2.90. The van der Waals surface area contributed by atoms with Crippen LogP contribution in [0.1, 0.15) is 25.8 Å². The molecule has 108 valence electrons. The van der Waals surface area contributed by atoms with E-state index in [4.69, 9.17) is 9.47 Å². The minimum absolute atomic E-state index is 0.116. The van der Waals surface area contributed by atoms with Crippen LogP contribution in [0.4, 0.5) is 0 Å². The van der Waals surface area contributed by atoms with E-state index in [0.717, 1.165) is 36.3 Å². The Morgan fingerprint density at radius 1 is 1.21 bits per heavy atom. The molecule has 0 aliphatic heterocycles. The van der Waals surface area contributed by atoms with Crippen LogP contribution in [0.15, 0.2) is 22.7 Å². The van der Waals surface area contributed by atoms with Gasteiger partial charge in [-0.25, -0.2) is 0 Å². The second-order valence-electron chi connectivity index (χ2n) is 5.22. The molecule has 0 amide bonds. The van der Waals surface area contributed by atoms with E-state index in [1.54, 1.807) is 14.2 Å². The molecule has 1 rings (SSSR count). The molecule has 0 fully saturated rings. The summed E-state index contributed by atoms with van der Waals surface area (Å²) < 4.78 is 11.4. The van der Waals surface area contributed by atoms with Gasteiger partial charge >= 0.3 is 0 Å². The fraction of sp³-hybridized carbons (Fsp3) is 0.600. The van der Waals surface area contributed by atoms with Crippen LogP contribution in [0.5, 0.6) is 5.75 Å². The van der Waals surface area contributed by atoms with Crippen molar-refractivity contribution in [3.8, 4) is 5.75 Å². The molecule has 3 nitrogen and oxygen atoms in total. The lowest BCUT2D eigenvalue weighted by Gasteiger charge is -2.27. The first-order valence-corrected chi connectivity index (χ1v) is 7.34. The van der Waals surface area contributed by atoms with Crippen LogP contribution in [0, 0.1) is 0 Å². The number of rotatable bonds is 8. The van der Waals surface area contributed by atoms with Crippen LogP contribution >= 0.6 is 15.9 Å². The van der Waals surface area contributed by atoms with Gasteiger partial charge in [-0.15, -0.1) is 0 Å². The minimum atomic E-state index is 0.116. The van der Waals surface area contributed by atoms with Crippen LogP contribution in [0.2, 0.25) is 0 Å². The number of ether oxygens (including phenoxy) is 2. The highest BCUT2D eigenvalue weighted by atomic mass is 79.9. The molecular weight excluding hydrogens is 306 g/mol. The van der Waals surface area contributed by atoms with Crippen LogP contribution < -0.4 is 10.1 Å². The summed E-state index contributed by atoms with van der Waals surface area (Å²) in [5.74, 6) is 0.879. The van der Waals surface area contributed by atoms with Gasteiger partial charge in [-0.05, 0) is 36.1 Å². The zero-order valence-corrected chi connectivity index (χ0v) is 13.8. The summed E-state index contributed by atoms with van der Waals surface area (Å²) in [5.41, 5.74) is 1.42. The van der Waals surface area contributed by atoms with Crippen molar-refractivity contribution in [2.24, 2.45) is 0 Å². The third kappa shape index (κ3) is 5.13. The first-order chi connectivity index (χ1) is 9.01. The summed E-state index contributed by atoms with van der Waals surface area (Å²) in [7, 11) is 3.41. The second-order valence-corrected chi connectivity index (χ2v) is 6.08. The molecule has 0 aromatic heterocycles. The Bertz CT molecular complexity index is 394. The normalized spacial score (nSPS) is 11.6. The van der Waals surface area contributed by atoms with E-state index in [1.165, 1.54) is 5.56 Å². The smallest absolute Gasteiger partial charge is 0.120 e. The van der Waals surface area contributed by atoms with Gasteiger partial charge in [0.1, 0.15) is 5.75 Å². The van der Waals surface area contributed by atoms with Crippen LogP contribution in [0.3, 0.4) is 0 Å². The molecule has 0 heterocycles. The Kier molecular flexibility index (Phi) is 6.83. The van der Waals surface area contributed by atoms with Crippen LogP contribution in [-0.4, -0.2) is 33.9 Å². The number of benzene rings is 1. The third-order valence-electron chi connectivity index (χ3n) is 3.32. The van der Waals surface area contributed by atoms with Crippen molar-refractivity contribution >= 4 is 15.9 Å². The van der Waals surface area contributed by atoms with Crippen LogP contribution in [0.25, 0.3) is 0 Å². The molecule has 4 heteroatoms. The van der Waals surface area contributed by atoms with E-state index < -0.39 is 0 Å². The summed E-state index contributed by atoms with van der Waals surface area (Å²) >= 11 is 3.64. The number of nitrogens with one attached hydrogen (secondary N) is 1. The Hall–Kier alpha value is -0.580. The summed E-state index contributed by atoms with van der Waals surface area (Å²) in [6.45, 7) is 7.16. The fourth-order valence-electron chi connectivity index (χ4n) is 2.01. The van der Waals surface area contributed by atoms with Gasteiger partial charge in [0.25, 0.3) is 0 Å². The molecule has 0 spiro atoms. The van der Waals surface area contributed by atoms with Crippen molar-refractivity contribution < 1.29 is 9.47 Å². The summed E-state index contributed by atoms with van der Waals surface area (Å²) in [4.78, 5) is 0. The molecule has 0 atom stereocenters. The van der Waals surface area contributed by atoms with E-state index in [0.29, 0.717) is 0 Å². The highest BCUT2D eigenvalue weighted by molar-refractivity contribution is 9.10. The van der Waals surface area contributed by atoms with Crippen molar-refractivity contribution in [2.75, 3.05) is 33.9 Å². The molecule has 0 saturated heterocycles. The number of hydrogen-bond acceptors (Lipinski definition) is 3. The zero-order chi connectivity index (χ0) is 14.3. The monoisotopic (exact) mass is 329 g/mol. The van der Waals surface area contributed by atoms with Gasteiger partial charge in [-0.1, -0.05) is 35.8 Å². The van der Waals surface area contributed by atoms with Gasteiger partial charge in [-0.3, -0.25) is 0 Å². The Labute approximate surface area is 124 Å². The van der Waals surface area contributed by atoms with E-state index in [9.17, 15) is 0 Å². The van der Waals surface area contributed by atoms with E-state index in [2.05, 4.69) is 41.2 Å². The molecular formula is C15H24BrNO2. The van der Waals surface area contributed by atoms with Gasteiger partial charge in [0.05, 0.1) is 13.7 Å². The molecule has 1 aromatic carbocycles. The molecule has 0 saturated carbocycles. The van der Waals surface area contributed by atoms with E-state index >= 15 is 0 Å². The Balaban J connectivity index is 2.61. The number of halogens is 1. The quantitative estimate of drug-likeness (QED) is 0.742. The van der Waals surface area contributed by atoms with Gasteiger partial charge in [0.2, 0.25) is 0 Å². The molecule has 0 radical (unpaired) electrons. The maximum absolute atomic E-state index is 5.23. The Morgan fingerprint density at radius 2 is 1.95 bits per heavy atom. The Morgan fingerprint density at radius 3 is 2.53 bits per heavy atom. The minimum Gasteiger partial charge on any atom is -0.497 e. The van der Waals surface area contributed by atoms with Crippen molar-refractivity contribution in [3.63, 3.8) is 0 Å². The van der Waals surface area contributed by atoms with Gasteiger partial charge < -0.3 is 14.8 Å². The zero-order valence-electron chi connectivity index (χ0n) is 12.3. The summed E-state index contributed by atoms with van der Waals surface area (Å²) in [5, 5.41) is 3.39. The summed E-state index contributed by atoms with van der Waals surface area (Å²) in [6.07, 6.45) is 1.07. The van der Waals surface area contributed by atoms with Gasteiger partial charge in [0.15, 0.2) is 0 Å². The SMILES string of the molecule is COCCNCCC(C)(C)c1ccc(OC)cc1Br. The average molecular weight is 330 g/mol. The number of methoxy groups -OCH3 is 2. The van der Waals surface area contributed by atoms with Crippen LogP contribution in [-0.2, 0) is 10.2 Å². The molecule has 19 heavy (non-hydrogen) atoms. The molecule has 0 bridgehead atoms.